The minimum atomic E-state index is -0.0635. The SMILES string of the molecule is CCn1c(CC2(N)CCCC(C)C2)nc2ccccc21. The van der Waals surface area contributed by atoms with E-state index in [4.69, 9.17) is 10.7 Å². The van der Waals surface area contributed by atoms with Gasteiger partial charge in [-0.25, -0.2) is 4.98 Å². The Labute approximate surface area is 121 Å². The van der Waals surface area contributed by atoms with E-state index >= 15 is 0 Å². The fourth-order valence-electron chi connectivity index (χ4n) is 3.79. The van der Waals surface area contributed by atoms with Crippen molar-refractivity contribution in [3.05, 3.63) is 30.1 Å². The predicted octanol–water partition coefficient (Wildman–Crippen LogP) is 3.51. The first-order valence-corrected chi connectivity index (χ1v) is 7.84. The van der Waals surface area contributed by atoms with E-state index in [9.17, 15) is 0 Å². The number of rotatable bonds is 3. The smallest absolute Gasteiger partial charge is 0.111 e. The number of benzene rings is 1. The number of fused-ring (bicyclic) bond motifs is 1. The topological polar surface area (TPSA) is 43.8 Å². The Kier molecular flexibility index (Phi) is 3.55. The number of aryl methyl sites for hydroxylation is 1. The van der Waals surface area contributed by atoms with Gasteiger partial charge in [0.15, 0.2) is 0 Å². The third kappa shape index (κ3) is 2.47. The number of aromatic nitrogens is 2. The molecule has 0 saturated heterocycles. The van der Waals surface area contributed by atoms with Crippen molar-refractivity contribution in [2.75, 3.05) is 0 Å². The molecule has 1 heterocycles. The van der Waals surface area contributed by atoms with E-state index in [1.54, 1.807) is 0 Å². The minimum Gasteiger partial charge on any atom is -0.328 e. The second-order valence-corrected chi connectivity index (χ2v) is 6.50. The average Bonchev–Trinajstić information content (AvgIpc) is 2.74. The van der Waals surface area contributed by atoms with Gasteiger partial charge < -0.3 is 10.3 Å². The standard InChI is InChI=1S/C17H25N3/c1-3-20-15-9-5-4-8-14(15)19-16(20)12-17(18)10-6-7-13(2)11-17/h4-5,8-9,13H,3,6-7,10-12,18H2,1-2H3. The molecule has 3 rings (SSSR count). The van der Waals surface area contributed by atoms with Gasteiger partial charge in [-0.1, -0.05) is 31.9 Å². The van der Waals surface area contributed by atoms with Crippen LogP contribution >= 0.6 is 0 Å². The summed E-state index contributed by atoms with van der Waals surface area (Å²) in [7, 11) is 0. The molecular weight excluding hydrogens is 246 g/mol. The van der Waals surface area contributed by atoms with Gasteiger partial charge in [0.2, 0.25) is 0 Å². The first kappa shape index (κ1) is 13.6. The monoisotopic (exact) mass is 271 g/mol. The highest BCUT2D eigenvalue weighted by Gasteiger charge is 2.32. The van der Waals surface area contributed by atoms with Crippen molar-refractivity contribution in [3.63, 3.8) is 0 Å². The van der Waals surface area contributed by atoms with Crippen molar-refractivity contribution >= 4 is 11.0 Å². The Bertz CT molecular complexity index is 601. The summed E-state index contributed by atoms with van der Waals surface area (Å²) in [6.07, 6.45) is 5.73. The summed E-state index contributed by atoms with van der Waals surface area (Å²) in [6, 6.07) is 8.39. The van der Waals surface area contributed by atoms with Crippen LogP contribution < -0.4 is 5.73 Å². The first-order valence-electron chi connectivity index (χ1n) is 7.84. The molecule has 0 aliphatic heterocycles. The van der Waals surface area contributed by atoms with Crippen LogP contribution in [0.15, 0.2) is 24.3 Å². The largest absolute Gasteiger partial charge is 0.328 e. The van der Waals surface area contributed by atoms with E-state index in [1.807, 2.05) is 0 Å². The third-order valence-electron chi connectivity index (χ3n) is 4.69. The maximum atomic E-state index is 6.67. The quantitative estimate of drug-likeness (QED) is 0.928. The van der Waals surface area contributed by atoms with E-state index in [0.29, 0.717) is 0 Å². The fourth-order valence-corrected chi connectivity index (χ4v) is 3.79. The molecule has 20 heavy (non-hydrogen) atoms. The molecule has 1 aromatic heterocycles. The molecule has 2 N–H and O–H groups in total. The Hall–Kier alpha value is -1.35. The second-order valence-electron chi connectivity index (χ2n) is 6.50. The Morgan fingerprint density at radius 2 is 2.20 bits per heavy atom. The third-order valence-corrected chi connectivity index (χ3v) is 4.69. The molecule has 0 spiro atoms. The summed E-state index contributed by atoms with van der Waals surface area (Å²) in [5.41, 5.74) is 8.94. The van der Waals surface area contributed by atoms with E-state index in [-0.39, 0.29) is 5.54 Å². The van der Waals surface area contributed by atoms with Gasteiger partial charge >= 0.3 is 0 Å². The normalized spacial score (nSPS) is 27.1. The second kappa shape index (κ2) is 5.21. The number of para-hydroxylation sites is 2. The van der Waals surface area contributed by atoms with Gasteiger partial charge in [-0.3, -0.25) is 0 Å². The van der Waals surface area contributed by atoms with Gasteiger partial charge in [0.05, 0.1) is 11.0 Å². The van der Waals surface area contributed by atoms with Crippen LogP contribution in [-0.2, 0) is 13.0 Å². The van der Waals surface area contributed by atoms with Crippen molar-refractivity contribution < 1.29 is 0 Å². The number of imidazole rings is 1. The van der Waals surface area contributed by atoms with Crippen molar-refractivity contribution in [1.82, 2.24) is 9.55 Å². The zero-order valence-corrected chi connectivity index (χ0v) is 12.6. The lowest BCUT2D eigenvalue weighted by Gasteiger charge is -2.36. The van der Waals surface area contributed by atoms with Gasteiger partial charge in [-0.2, -0.15) is 0 Å². The van der Waals surface area contributed by atoms with Gasteiger partial charge in [0, 0.05) is 18.5 Å². The minimum absolute atomic E-state index is 0.0635. The summed E-state index contributed by atoms with van der Waals surface area (Å²) in [4.78, 5) is 4.83. The molecule has 3 nitrogen and oxygen atoms in total. The highest BCUT2D eigenvalue weighted by Crippen LogP contribution is 2.33. The maximum absolute atomic E-state index is 6.67. The van der Waals surface area contributed by atoms with Gasteiger partial charge in [0.25, 0.3) is 0 Å². The molecule has 1 aliphatic carbocycles. The molecule has 0 radical (unpaired) electrons. The fraction of sp³-hybridized carbons (Fsp3) is 0.588. The number of nitrogens with two attached hydrogens (primary N) is 1. The van der Waals surface area contributed by atoms with Gasteiger partial charge in [-0.05, 0) is 37.8 Å². The predicted molar refractivity (Wildman–Crippen MR) is 83.7 cm³/mol. The zero-order chi connectivity index (χ0) is 14.2. The van der Waals surface area contributed by atoms with Crippen LogP contribution in [0.1, 0.15) is 45.4 Å². The van der Waals surface area contributed by atoms with Crippen molar-refractivity contribution in [3.8, 4) is 0 Å². The summed E-state index contributed by atoms with van der Waals surface area (Å²) < 4.78 is 2.32. The van der Waals surface area contributed by atoms with Crippen LogP contribution in [0, 0.1) is 5.92 Å². The Morgan fingerprint density at radius 3 is 2.95 bits per heavy atom. The lowest BCUT2D eigenvalue weighted by Crippen LogP contribution is -2.46. The van der Waals surface area contributed by atoms with Crippen LogP contribution in [0.2, 0.25) is 0 Å². The average molecular weight is 271 g/mol. The highest BCUT2D eigenvalue weighted by atomic mass is 15.1. The van der Waals surface area contributed by atoms with Gasteiger partial charge in [0.1, 0.15) is 5.82 Å². The molecule has 1 saturated carbocycles. The van der Waals surface area contributed by atoms with Crippen molar-refractivity contribution in [2.45, 2.75) is 58.0 Å². The van der Waals surface area contributed by atoms with Crippen molar-refractivity contribution in [1.29, 1.82) is 0 Å². The van der Waals surface area contributed by atoms with E-state index < -0.39 is 0 Å². The molecule has 3 heteroatoms. The summed E-state index contributed by atoms with van der Waals surface area (Å²) in [5, 5.41) is 0. The van der Waals surface area contributed by atoms with E-state index in [1.165, 1.54) is 18.4 Å². The van der Waals surface area contributed by atoms with Crippen LogP contribution in [-0.4, -0.2) is 15.1 Å². The molecule has 0 amide bonds. The van der Waals surface area contributed by atoms with E-state index in [2.05, 4.69) is 42.7 Å². The molecule has 1 fully saturated rings. The molecular formula is C17H25N3. The molecule has 2 aromatic rings. The summed E-state index contributed by atoms with van der Waals surface area (Å²) >= 11 is 0. The number of hydrogen-bond acceptors (Lipinski definition) is 2. The first-order chi connectivity index (χ1) is 9.61. The van der Waals surface area contributed by atoms with E-state index in [0.717, 1.165) is 43.1 Å². The van der Waals surface area contributed by atoms with Crippen LogP contribution in [0.25, 0.3) is 11.0 Å². The molecule has 1 aliphatic rings. The lowest BCUT2D eigenvalue weighted by molar-refractivity contribution is 0.231. The Morgan fingerprint density at radius 1 is 1.40 bits per heavy atom. The number of nitrogens with zero attached hydrogens (tertiary/aromatic N) is 2. The molecule has 0 bridgehead atoms. The molecule has 2 atom stereocenters. The molecule has 108 valence electrons. The number of hydrogen-bond donors (Lipinski definition) is 1. The van der Waals surface area contributed by atoms with Crippen molar-refractivity contribution in [2.24, 2.45) is 11.7 Å². The van der Waals surface area contributed by atoms with Gasteiger partial charge in [-0.15, -0.1) is 0 Å². The highest BCUT2D eigenvalue weighted by molar-refractivity contribution is 5.75. The molecule has 2 unspecified atom stereocenters. The Balaban J connectivity index is 1.94. The van der Waals surface area contributed by atoms with Crippen LogP contribution in [0.3, 0.4) is 0 Å². The zero-order valence-electron chi connectivity index (χ0n) is 12.6. The summed E-state index contributed by atoms with van der Waals surface area (Å²) in [5.74, 6) is 1.90. The maximum Gasteiger partial charge on any atom is 0.111 e. The van der Waals surface area contributed by atoms with Crippen LogP contribution in [0.5, 0.6) is 0 Å². The summed E-state index contributed by atoms with van der Waals surface area (Å²) in [6.45, 7) is 5.47. The van der Waals surface area contributed by atoms with Crippen LogP contribution in [0.4, 0.5) is 0 Å². The lowest BCUT2D eigenvalue weighted by atomic mass is 9.75. The molecule has 1 aromatic carbocycles.